The van der Waals surface area contributed by atoms with Crippen molar-refractivity contribution in [3.8, 4) is 0 Å². The number of carbonyl (C=O) groups excluding carboxylic acids is 2. The van der Waals surface area contributed by atoms with Crippen molar-refractivity contribution in [3.63, 3.8) is 0 Å². The van der Waals surface area contributed by atoms with Crippen molar-refractivity contribution in [2.24, 2.45) is 17.8 Å². The van der Waals surface area contributed by atoms with Gasteiger partial charge in [-0.3, -0.25) is 0 Å². The van der Waals surface area contributed by atoms with Gasteiger partial charge in [-0.1, -0.05) is 27.7 Å². The monoisotopic (exact) mass is 269 g/mol. The number of piperidine rings is 1. The number of nitrogens with one attached hydrogen (secondary N) is 1. The van der Waals surface area contributed by atoms with E-state index in [2.05, 4.69) is 19.2 Å². The molecule has 110 valence electrons. The van der Waals surface area contributed by atoms with Gasteiger partial charge in [0.15, 0.2) is 0 Å². The van der Waals surface area contributed by atoms with Crippen molar-refractivity contribution in [1.82, 2.24) is 10.2 Å². The van der Waals surface area contributed by atoms with Crippen LogP contribution in [0.2, 0.25) is 0 Å². The molecule has 0 radical (unpaired) electrons. The molecule has 0 unspecified atom stereocenters. The predicted octanol–water partition coefficient (Wildman–Crippen LogP) is 0.839. The van der Waals surface area contributed by atoms with Crippen molar-refractivity contribution < 1.29 is 14.7 Å². The fourth-order valence-corrected chi connectivity index (χ4v) is 2.75. The number of hydrogen-bond donors (Lipinski definition) is 1. The van der Waals surface area contributed by atoms with Gasteiger partial charge in [0.05, 0.1) is 12.0 Å². The van der Waals surface area contributed by atoms with E-state index in [4.69, 9.17) is 0 Å². The average molecular weight is 269 g/mol. The third kappa shape index (κ3) is 5.09. The van der Waals surface area contributed by atoms with Crippen LogP contribution < -0.4 is 10.4 Å². The Morgan fingerprint density at radius 1 is 1.26 bits per heavy atom. The van der Waals surface area contributed by atoms with Crippen molar-refractivity contribution in [2.45, 2.75) is 46.6 Å². The maximum atomic E-state index is 12.1. The van der Waals surface area contributed by atoms with Crippen molar-refractivity contribution in [2.75, 3.05) is 13.1 Å². The summed E-state index contributed by atoms with van der Waals surface area (Å²) >= 11 is 0. The minimum absolute atomic E-state index is 0.197. The molecule has 1 rings (SSSR count). The van der Waals surface area contributed by atoms with Crippen LogP contribution >= 0.6 is 0 Å². The molecule has 5 nitrogen and oxygen atoms in total. The van der Waals surface area contributed by atoms with Gasteiger partial charge in [-0.15, -0.1) is 0 Å². The number of amides is 2. The number of likely N-dealkylation sites (tertiary alicyclic amines) is 1. The normalized spacial score (nSPS) is 25.2. The van der Waals surface area contributed by atoms with Crippen LogP contribution in [0.5, 0.6) is 0 Å². The zero-order valence-corrected chi connectivity index (χ0v) is 12.3. The first-order chi connectivity index (χ1) is 8.79. The molecule has 0 saturated carbocycles. The highest BCUT2D eigenvalue weighted by Gasteiger charge is 2.27. The molecule has 1 aliphatic rings. The number of carbonyl (C=O) groups is 2. The Morgan fingerprint density at radius 2 is 1.79 bits per heavy atom. The Balaban J connectivity index is 2.58. The molecule has 0 aliphatic carbocycles. The van der Waals surface area contributed by atoms with Crippen LogP contribution in [0.1, 0.15) is 40.5 Å². The zero-order chi connectivity index (χ0) is 14.6. The number of nitrogens with zero attached hydrogens (tertiary/aromatic N) is 1. The van der Waals surface area contributed by atoms with Crippen molar-refractivity contribution >= 4 is 12.0 Å². The molecule has 0 bridgehead atoms. The molecule has 2 amide bonds. The van der Waals surface area contributed by atoms with Crippen LogP contribution in [0.25, 0.3) is 0 Å². The first-order valence-electron chi connectivity index (χ1n) is 7.05. The predicted molar refractivity (Wildman–Crippen MR) is 71.3 cm³/mol. The summed E-state index contributed by atoms with van der Waals surface area (Å²) < 4.78 is 0. The smallest absolute Gasteiger partial charge is 0.317 e. The number of hydrogen-bond acceptors (Lipinski definition) is 3. The SMILES string of the molecule is CC(C)C[C@H](NC(=O)N1C[C@H](C)C[C@@H](C)C1)C(=O)[O-]. The molecule has 1 N–H and O–H groups in total. The first-order valence-corrected chi connectivity index (χ1v) is 7.05. The molecule has 1 saturated heterocycles. The number of carboxylic acid groups (broad SMARTS) is 1. The summed E-state index contributed by atoms with van der Waals surface area (Å²) in [7, 11) is 0. The minimum atomic E-state index is -1.21. The third-order valence-corrected chi connectivity index (χ3v) is 3.45. The van der Waals surface area contributed by atoms with Gasteiger partial charge in [-0.2, -0.15) is 0 Å². The summed E-state index contributed by atoms with van der Waals surface area (Å²) in [6, 6.07) is -1.19. The zero-order valence-electron chi connectivity index (χ0n) is 12.3. The Hall–Kier alpha value is -1.26. The van der Waals surface area contributed by atoms with Gasteiger partial charge in [0.2, 0.25) is 0 Å². The van der Waals surface area contributed by atoms with Crippen LogP contribution in [0.4, 0.5) is 4.79 Å². The molecule has 1 heterocycles. The molecule has 1 fully saturated rings. The second kappa shape index (κ2) is 6.78. The van der Waals surface area contributed by atoms with E-state index in [-0.39, 0.29) is 11.9 Å². The Labute approximate surface area is 115 Å². The maximum Gasteiger partial charge on any atom is 0.317 e. The summed E-state index contributed by atoms with van der Waals surface area (Å²) in [4.78, 5) is 24.9. The molecule has 1 aliphatic heterocycles. The number of rotatable bonds is 4. The van der Waals surface area contributed by atoms with Crippen LogP contribution in [0.15, 0.2) is 0 Å². The highest BCUT2D eigenvalue weighted by molar-refractivity contribution is 5.81. The highest BCUT2D eigenvalue weighted by atomic mass is 16.4. The summed E-state index contributed by atoms with van der Waals surface area (Å²) in [5.74, 6) is -0.0930. The van der Waals surface area contributed by atoms with Crippen molar-refractivity contribution in [1.29, 1.82) is 0 Å². The van der Waals surface area contributed by atoms with Gasteiger partial charge in [-0.25, -0.2) is 4.79 Å². The molecule has 0 aromatic carbocycles. The lowest BCUT2D eigenvalue weighted by molar-refractivity contribution is -0.308. The number of urea groups is 1. The summed E-state index contributed by atoms with van der Waals surface area (Å²) in [5.41, 5.74) is 0. The van der Waals surface area contributed by atoms with Crippen LogP contribution in [-0.2, 0) is 4.79 Å². The molecule has 0 spiro atoms. The van der Waals surface area contributed by atoms with E-state index in [0.29, 0.717) is 31.3 Å². The van der Waals surface area contributed by atoms with Gasteiger partial charge in [0.25, 0.3) is 0 Å². The third-order valence-electron chi connectivity index (χ3n) is 3.45. The fourth-order valence-electron chi connectivity index (χ4n) is 2.75. The number of carboxylic acids is 1. The van der Waals surface area contributed by atoms with E-state index in [1.54, 1.807) is 4.90 Å². The Bertz CT molecular complexity index is 321. The Morgan fingerprint density at radius 3 is 2.21 bits per heavy atom. The maximum absolute atomic E-state index is 12.1. The van der Waals surface area contributed by atoms with Crippen LogP contribution in [-0.4, -0.2) is 36.0 Å². The van der Waals surface area contributed by atoms with E-state index in [9.17, 15) is 14.7 Å². The lowest BCUT2D eigenvalue weighted by Crippen LogP contribution is -2.54. The lowest BCUT2D eigenvalue weighted by Gasteiger charge is -2.36. The fraction of sp³-hybridized carbons (Fsp3) is 0.857. The van der Waals surface area contributed by atoms with Gasteiger partial charge in [-0.05, 0) is 30.6 Å². The quantitative estimate of drug-likeness (QED) is 0.822. The van der Waals surface area contributed by atoms with Gasteiger partial charge < -0.3 is 20.1 Å². The van der Waals surface area contributed by atoms with Crippen molar-refractivity contribution in [3.05, 3.63) is 0 Å². The second-order valence-electron chi connectivity index (χ2n) is 6.30. The van der Waals surface area contributed by atoms with Gasteiger partial charge in [0.1, 0.15) is 0 Å². The van der Waals surface area contributed by atoms with E-state index in [0.717, 1.165) is 6.42 Å². The summed E-state index contributed by atoms with van der Waals surface area (Å²) in [6.45, 7) is 9.45. The lowest BCUT2D eigenvalue weighted by atomic mass is 9.92. The van der Waals surface area contributed by atoms with E-state index in [1.807, 2.05) is 13.8 Å². The largest absolute Gasteiger partial charge is 0.548 e. The minimum Gasteiger partial charge on any atom is -0.548 e. The van der Waals surface area contributed by atoms with E-state index in [1.165, 1.54) is 0 Å². The molecule has 5 heteroatoms. The van der Waals surface area contributed by atoms with Gasteiger partial charge in [0, 0.05) is 13.1 Å². The summed E-state index contributed by atoms with van der Waals surface area (Å²) in [5, 5.41) is 13.6. The Kier molecular flexibility index (Phi) is 5.63. The standard InChI is InChI=1S/C14H26N2O3/c1-9(2)5-12(13(17)18)15-14(19)16-7-10(3)6-11(4)8-16/h9-12H,5-8H2,1-4H3,(H,15,19)(H,17,18)/p-1/t10-,11-,12+/m1/s1. The molecule has 0 aromatic heterocycles. The van der Waals surface area contributed by atoms with E-state index < -0.39 is 12.0 Å². The molecule has 3 atom stereocenters. The number of aliphatic carboxylic acids is 1. The van der Waals surface area contributed by atoms with Crippen LogP contribution in [0, 0.1) is 17.8 Å². The topological polar surface area (TPSA) is 72.5 Å². The molecule has 19 heavy (non-hydrogen) atoms. The van der Waals surface area contributed by atoms with Crippen LogP contribution in [0.3, 0.4) is 0 Å². The molecule has 0 aromatic rings. The second-order valence-corrected chi connectivity index (χ2v) is 6.30. The van der Waals surface area contributed by atoms with Gasteiger partial charge >= 0.3 is 6.03 Å². The highest BCUT2D eigenvalue weighted by Crippen LogP contribution is 2.21. The van der Waals surface area contributed by atoms with E-state index >= 15 is 0 Å². The molecular formula is C14H25N2O3-. The summed E-state index contributed by atoms with van der Waals surface area (Å²) in [6.07, 6.45) is 1.51. The average Bonchev–Trinajstić information content (AvgIpc) is 2.25. The first kappa shape index (κ1) is 15.8. The molecular weight excluding hydrogens is 244 g/mol.